The van der Waals surface area contributed by atoms with Crippen LogP contribution in [0.15, 0.2) is 17.3 Å². The standard InChI is InChI=1S/C15H20BFN2O2S/c1-9(11-10(2)18-13-19(11)7-8-22-13)12(17)16-20-14(3,4)15(5,6)21-16/h7-8H,1-6H3. The van der Waals surface area contributed by atoms with E-state index >= 15 is 0 Å². The van der Waals surface area contributed by atoms with Gasteiger partial charge in [-0.2, -0.15) is 0 Å². The van der Waals surface area contributed by atoms with E-state index in [1.165, 1.54) is 11.3 Å². The van der Waals surface area contributed by atoms with Crippen LogP contribution in [0.5, 0.6) is 0 Å². The fourth-order valence-corrected chi connectivity index (χ4v) is 3.34. The van der Waals surface area contributed by atoms with E-state index in [1.54, 1.807) is 6.92 Å². The topological polar surface area (TPSA) is 35.8 Å². The summed E-state index contributed by atoms with van der Waals surface area (Å²) in [6, 6.07) is 0. The summed E-state index contributed by atoms with van der Waals surface area (Å²) in [4.78, 5) is 5.31. The smallest absolute Gasteiger partial charge is 0.398 e. The lowest BCUT2D eigenvalue weighted by Gasteiger charge is -2.32. The molecule has 2 aromatic rings. The number of fused-ring (bicyclic) bond motifs is 1. The van der Waals surface area contributed by atoms with Gasteiger partial charge in [0.2, 0.25) is 0 Å². The van der Waals surface area contributed by atoms with Crippen LogP contribution >= 0.6 is 11.3 Å². The Morgan fingerprint density at radius 1 is 1.27 bits per heavy atom. The Hall–Kier alpha value is -1.18. The molecule has 3 rings (SSSR count). The van der Waals surface area contributed by atoms with Crippen molar-refractivity contribution < 1.29 is 13.7 Å². The van der Waals surface area contributed by atoms with E-state index < -0.39 is 24.0 Å². The molecule has 7 heteroatoms. The Kier molecular flexibility index (Phi) is 3.51. The van der Waals surface area contributed by atoms with Crippen molar-refractivity contribution in [3.63, 3.8) is 0 Å². The van der Waals surface area contributed by atoms with E-state index in [1.807, 2.05) is 50.6 Å². The minimum Gasteiger partial charge on any atom is -0.398 e. The molecule has 0 saturated carbocycles. The molecule has 0 amide bonds. The van der Waals surface area contributed by atoms with Crippen molar-refractivity contribution >= 4 is 29.0 Å². The van der Waals surface area contributed by atoms with Crippen LogP contribution in [0.3, 0.4) is 0 Å². The maximum absolute atomic E-state index is 15.0. The maximum Gasteiger partial charge on any atom is 0.525 e. The Labute approximate surface area is 134 Å². The maximum atomic E-state index is 15.0. The molecule has 0 radical (unpaired) electrons. The molecular weight excluding hydrogens is 302 g/mol. The second kappa shape index (κ2) is 4.91. The highest BCUT2D eigenvalue weighted by Gasteiger charge is 2.53. The summed E-state index contributed by atoms with van der Waals surface area (Å²) in [7, 11) is -0.978. The molecule has 1 aliphatic heterocycles. The van der Waals surface area contributed by atoms with E-state index in [2.05, 4.69) is 4.98 Å². The first kappa shape index (κ1) is 15.7. The van der Waals surface area contributed by atoms with Crippen LogP contribution in [0.25, 0.3) is 10.5 Å². The fraction of sp³-hybridized carbons (Fsp3) is 0.533. The third kappa shape index (κ3) is 2.23. The summed E-state index contributed by atoms with van der Waals surface area (Å²) in [5, 5.41) is 1.94. The first-order chi connectivity index (χ1) is 10.1. The van der Waals surface area contributed by atoms with Gasteiger partial charge in [-0.05, 0) is 41.5 Å². The van der Waals surface area contributed by atoms with E-state index in [9.17, 15) is 4.39 Å². The number of aryl methyl sites for hydroxylation is 1. The average molecular weight is 322 g/mol. The number of hydrogen-bond acceptors (Lipinski definition) is 4. The second-order valence-electron chi connectivity index (χ2n) is 6.66. The average Bonchev–Trinajstić information content (AvgIpc) is 3.00. The Morgan fingerprint density at radius 3 is 2.45 bits per heavy atom. The lowest BCUT2D eigenvalue weighted by molar-refractivity contribution is 0.00578. The third-order valence-electron chi connectivity index (χ3n) is 4.61. The highest BCUT2D eigenvalue weighted by Crippen LogP contribution is 2.40. The molecule has 3 heterocycles. The number of hydrogen-bond donors (Lipinski definition) is 0. The Morgan fingerprint density at radius 2 is 1.86 bits per heavy atom. The van der Waals surface area contributed by atoms with Crippen molar-refractivity contribution in [2.75, 3.05) is 0 Å². The summed E-state index contributed by atoms with van der Waals surface area (Å²) >= 11 is 1.53. The zero-order valence-corrected chi connectivity index (χ0v) is 14.5. The molecule has 1 fully saturated rings. The summed E-state index contributed by atoms with van der Waals surface area (Å²) in [5.41, 5.74) is 0.565. The number of imidazole rings is 1. The highest BCUT2D eigenvalue weighted by molar-refractivity contribution is 7.15. The molecule has 0 spiro atoms. The molecule has 0 bridgehead atoms. The summed E-state index contributed by atoms with van der Waals surface area (Å²) in [5.74, 6) is 0. The Bertz CT molecular complexity index is 747. The number of aromatic nitrogens is 2. The molecule has 1 aliphatic rings. The van der Waals surface area contributed by atoms with Crippen LogP contribution in [0.4, 0.5) is 4.39 Å². The fourth-order valence-electron chi connectivity index (χ4n) is 2.58. The zero-order valence-electron chi connectivity index (χ0n) is 13.7. The molecule has 1 saturated heterocycles. The molecule has 0 unspecified atom stereocenters. The molecule has 118 valence electrons. The van der Waals surface area contributed by atoms with Gasteiger partial charge in [0.15, 0.2) is 4.96 Å². The monoisotopic (exact) mass is 322 g/mol. The SMILES string of the molecule is CC(=C(F)B1OC(C)(C)C(C)(C)O1)c1c(C)nc2sccn12. The van der Waals surface area contributed by atoms with Gasteiger partial charge in [-0.15, -0.1) is 11.3 Å². The van der Waals surface area contributed by atoms with E-state index in [0.29, 0.717) is 5.57 Å². The quantitative estimate of drug-likeness (QED) is 0.783. The molecule has 0 aliphatic carbocycles. The largest absolute Gasteiger partial charge is 0.525 e. The minimum atomic E-state index is -0.978. The van der Waals surface area contributed by atoms with Gasteiger partial charge in [0.05, 0.1) is 22.6 Å². The van der Waals surface area contributed by atoms with Gasteiger partial charge in [0.25, 0.3) is 0 Å². The van der Waals surface area contributed by atoms with Gasteiger partial charge < -0.3 is 9.31 Å². The number of allylic oxidation sites excluding steroid dienone is 1. The van der Waals surface area contributed by atoms with E-state index in [0.717, 1.165) is 16.3 Å². The number of thiazole rings is 1. The normalized spacial score (nSPS) is 21.5. The first-order valence-electron chi connectivity index (χ1n) is 7.28. The number of nitrogens with zero attached hydrogens (tertiary/aromatic N) is 2. The van der Waals surface area contributed by atoms with Crippen LogP contribution in [0.1, 0.15) is 46.0 Å². The molecular formula is C15H20BFN2O2S. The lowest BCUT2D eigenvalue weighted by atomic mass is 9.84. The molecule has 0 atom stereocenters. The first-order valence-corrected chi connectivity index (χ1v) is 8.16. The molecule has 22 heavy (non-hydrogen) atoms. The van der Waals surface area contributed by atoms with Crippen LogP contribution in [-0.4, -0.2) is 27.7 Å². The van der Waals surface area contributed by atoms with Crippen molar-refractivity contribution in [2.24, 2.45) is 0 Å². The third-order valence-corrected chi connectivity index (χ3v) is 5.37. The van der Waals surface area contributed by atoms with Gasteiger partial charge in [-0.1, -0.05) is 0 Å². The molecule has 0 aromatic carbocycles. The van der Waals surface area contributed by atoms with Crippen LogP contribution < -0.4 is 0 Å². The van der Waals surface area contributed by atoms with Crippen molar-refractivity contribution in [1.29, 1.82) is 0 Å². The predicted octanol–water partition coefficient (Wildman–Crippen LogP) is 4.04. The molecule has 2 aromatic heterocycles. The van der Waals surface area contributed by atoms with Crippen molar-refractivity contribution in [2.45, 2.75) is 52.7 Å². The zero-order chi connectivity index (χ0) is 16.3. The van der Waals surface area contributed by atoms with Gasteiger partial charge in [-0.3, -0.25) is 4.40 Å². The second-order valence-corrected chi connectivity index (χ2v) is 7.54. The number of rotatable bonds is 2. The van der Waals surface area contributed by atoms with Gasteiger partial charge in [0.1, 0.15) is 5.73 Å². The molecule has 4 nitrogen and oxygen atoms in total. The molecule has 0 N–H and O–H groups in total. The van der Waals surface area contributed by atoms with Crippen LogP contribution in [-0.2, 0) is 9.31 Å². The van der Waals surface area contributed by atoms with E-state index in [4.69, 9.17) is 9.31 Å². The van der Waals surface area contributed by atoms with Gasteiger partial charge >= 0.3 is 7.12 Å². The van der Waals surface area contributed by atoms with Gasteiger partial charge in [-0.25, -0.2) is 9.37 Å². The van der Waals surface area contributed by atoms with Crippen molar-refractivity contribution in [1.82, 2.24) is 9.38 Å². The summed E-state index contributed by atoms with van der Waals surface area (Å²) < 4.78 is 28.5. The number of halogens is 1. The van der Waals surface area contributed by atoms with Crippen LogP contribution in [0.2, 0.25) is 0 Å². The van der Waals surface area contributed by atoms with Crippen LogP contribution in [0, 0.1) is 6.92 Å². The lowest BCUT2D eigenvalue weighted by Crippen LogP contribution is -2.41. The highest BCUT2D eigenvalue weighted by atomic mass is 32.1. The van der Waals surface area contributed by atoms with Gasteiger partial charge in [0, 0.05) is 17.2 Å². The minimum absolute atomic E-state index is 0.394. The summed E-state index contributed by atoms with van der Waals surface area (Å²) in [6.45, 7) is 11.3. The van der Waals surface area contributed by atoms with E-state index in [-0.39, 0.29) is 0 Å². The summed E-state index contributed by atoms with van der Waals surface area (Å²) in [6.07, 6.45) is 1.90. The Balaban J connectivity index is 2.03. The van der Waals surface area contributed by atoms with Crippen molar-refractivity contribution in [3.8, 4) is 0 Å². The predicted molar refractivity (Wildman–Crippen MR) is 87.6 cm³/mol. The van der Waals surface area contributed by atoms with Crippen molar-refractivity contribution in [3.05, 3.63) is 28.7 Å².